The first-order chi connectivity index (χ1) is 12.9. The van der Waals surface area contributed by atoms with Gasteiger partial charge >= 0.3 is 0 Å². The van der Waals surface area contributed by atoms with E-state index in [1.807, 2.05) is 48.9 Å². The molecule has 0 saturated carbocycles. The molecule has 6 heteroatoms. The molecule has 0 saturated heterocycles. The lowest BCUT2D eigenvalue weighted by atomic mass is 10.2. The smallest absolute Gasteiger partial charge is 0.125 e. The van der Waals surface area contributed by atoms with E-state index in [4.69, 9.17) is 4.98 Å². The van der Waals surface area contributed by atoms with Gasteiger partial charge < -0.3 is 0 Å². The largest absolute Gasteiger partial charge is 0.264 e. The fourth-order valence-electron chi connectivity index (χ4n) is 2.70. The molecule has 0 spiro atoms. The summed E-state index contributed by atoms with van der Waals surface area (Å²) >= 11 is 3.29. The zero-order chi connectivity index (χ0) is 17.3. The molecule has 0 unspecified atom stereocenters. The molecule has 0 bridgehead atoms. The maximum absolute atomic E-state index is 4.84. The van der Waals surface area contributed by atoms with Crippen LogP contribution in [0.5, 0.6) is 0 Å². The molecule has 5 aromatic rings. The van der Waals surface area contributed by atoms with E-state index in [-0.39, 0.29) is 0 Å². The van der Waals surface area contributed by atoms with Crippen molar-refractivity contribution in [3.63, 3.8) is 0 Å². The van der Waals surface area contributed by atoms with Crippen molar-refractivity contribution in [3.05, 3.63) is 73.3 Å². The van der Waals surface area contributed by atoms with Gasteiger partial charge in [-0.1, -0.05) is 6.07 Å². The topological polar surface area (TPSA) is 51.6 Å². The number of nitrogens with zero attached hydrogens (tertiary/aromatic N) is 4. The first-order valence-corrected chi connectivity index (χ1v) is 9.69. The molecule has 0 N–H and O–H groups in total. The van der Waals surface area contributed by atoms with Crippen molar-refractivity contribution >= 4 is 32.9 Å². The van der Waals surface area contributed by atoms with Crippen LogP contribution < -0.4 is 0 Å². The van der Waals surface area contributed by atoms with Gasteiger partial charge in [0.25, 0.3) is 0 Å². The molecule has 5 heterocycles. The van der Waals surface area contributed by atoms with Gasteiger partial charge in [-0.15, -0.1) is 22.7 Å². The van der Waals surface area contributed by atoms with E-state index < -0.39 is 0 Å². The highest BCUT2D eigenvalue weighted by molar-refractivity contribution is 7.22. The maximum atomic E-state index is 4.84. The highest BCUT2D eigenvalue weighted by atomic mass is 32.1. The molecule has 0 atom stereocenters. The first kappa shape index (κ1) is 15.3. The molecule has 0 amide bonds. The molecule has 5 rings (SSSR count). The van der Waals surface area contributed by atoms with Crippen LogP contribution in [-0.2, 0) is 0 Å². The van der Waals surface area contributed by atoms with Crippen LogP contribution in [0.15, 0.2) is 73.3 Å². The summed E-state index contributed by atoms with van der Waals surface area (Å²) in [5.41, 5.74) is 2.95. The Morgan fingerprint density at radius 1 is 0.731 bits per heavy atom. The first-order valence-electron chi connectivity index (χ1n) is 8.05. The highest BCUT2D eigenvalue weighted by Gasteiger charge is 2.11. The van der Waals surface area contributed by atoms with Gasteiger partial charge in [0.15, 0.2) is 0 Å². The predicted molar refractivity (Wildman–Crippen MR) is 107 cm³/mol. The van der Waals surface area contributed by atoms with Crippen molar-refractivity contribution in [1.29, 1.82) is 0 Å². The number of rotatable bonds is 3. The van der Waals surface area contributed by atoms with E-state index in [1.54, 1.807) is 28.9 Å². The van der Waals surface area contributed by atoms with Crippen LogP contribution in [0.4, 0.5) is 0 Å². The van der Waals surface area contributed by atoms with Gasteiger partial charge in [-0.2, -0.15) is 0 Å². The van der Waals surface area contributed by atoms with Crippen molar-refractivity contribution in [3.8, 4) is 31.7 Å². The number of hydrogen-bond acceptors (Lipinski definition) is 6. The molecule has 0 radical (unpaired) electrons. The van der Waals surface area contributed by atoms with Crippen molar-refractivity contribution in [2.75, 3.05) is 0 Å². The maximum Gasteiger partial charge on any atom is 0.125 e. The van der Waals surface area contributed by atoms with E-state index in [0.717, 1.165) is 41.9 Å². The summed E-state index contributed by atoms with van der Waals surface area (Å²) < 4.78 is 0. The van der Waals surface area contributed by atoms with Gasteiger partial charge in [-0.25, -0.2) is 9.97 Å². The van der Waals surface area contributed by atoms with Gasteiger partial charge in [0, 0.05) is 35.7 Å². The molecule has 5 aromatic heterocycles. The molecule has 0 aliphatic rings. The molecule has 0 aliphatic heterocycles. The summed E-state index contributed by atoms with van der Waals surface area (Å²) in [4.78, 5) is 21.2. The Morgan fingerprint density at radius 2 is 1.73 bits per heavy atom. The highest BCUT2D eigenvalue weighted by Crippen LogP contribution is 2.35. The molecule has 4 nitrogen and oxygen atoms in total. The van der Waals surface area contributed by atoms with Gasteiger partial charge in [-0.3, -0.25) is 9.97 Å². The zero-order valence-electron chi connectivity index (χ0n) is 13.5. The SMILES string of the molecule is c1ccc(-c2cc3ccc(-c4cnc(-c5cccnc5)s4)nc3s2)nc1. The quantitative estimate of drug-likeness (QED) is 0.417. The summed E-state index contributed by atoms with van der Waals surface area (Å²) in [5, 5.41) is 2.09. The Bertz CT molecular complexity index is 1180. The lowest BCUT2D eigenvalue weighted by Gasteiger charge is -1.96. The average molecular weight is 372 g/mol. The van der Waals surface area contributed by atoms with Crippen molar-refractivity contribution < 1.29 is 0 Å². The minimum atomic E-state index is 0.944. The Kier molecular flexibility index (Phi) is 3.77. The van der Waals surface area contributed by atoms with Crippen LogP contribution >= 0.6 is 22.7 Å². The van der Waals surface area contributed by atoms with Crippen LogP contribution in [0.25, 0.3) is 41.9 Å². The third kappa shape index (κ3) is 2.79. The summed E-state index contributed by atoms with van der Waals surface area (Å²) in [6.45, 7) is 0. The van der Waals surface area contributed by atoms with Gasteiger partial charge in [0.1, 0.15) is 9.84 Å². The second kappa shape index (κ2) is 6.40. The van der Waals surface area contributed by atoms with E-state index in [1.165, 1.54) is 0 Å². The van der Waals surface area contributed by atoms with Gasteiger partial charge in [0.05, 0.1) is 21.1 Å². The monoisotopic (exact) mass is 372 g/mol. The number of thiazole rings is 1. The summed E-state index contributed by atoms with van der Waals surface area (Å²) in [5.74, 6) is 0. The molecule has 0 aliphatic carbocycles. The lowest BCUT2D eigenvalue weighted by molar-refractivity contribution is 1.31. The molecule has 26 heavy (non-hydrogen) atoms. The van der Waals surface area contributed by atoms with E-state index >= 15 is 0 Å². The second-order valence-corrected chi connectivity index (χ2v) is 7.75. The molecule has 124 valence electrons. The number of fused-ring (bicyclic) bond motifs is 1. The van der Waals surface area contributed by atoms with E-state index in [0.29, 0.717) is 0 Å². The Balaban J connectivity index is 1.53. The van der Waals surface area contributed by atoms with Gasteiger partial charge in [0.2, 0.25) is 0 Å². The number of thiophene rings is 1. The fourth-order valence-corrected chi connectivity index (χ4v) is 4.59. The Hall–Kier alpha value is -2.96. The van der Waals surface area contributed by atoms with Crippen LogP contribution in [-0.4, -0.2) is 19.9 Å². The lowest BCUT2D eigenvalue weighted by Crippen LogP contribution is -1.78. The van der Waals surface area contributed by atoms with Crippen molar-refractivity contribution in [2.45, 2.75) is 0 Å². The Labute approximate surface area is 157 Å². The summed E-state index contributed by atoms with van der Waals surface area (Å²) in [6.07, 6.45) is 7.30. The van der Waals surface area contributed by atoms with Crippen LogP contribution in [0.3, 0.4) is 0 Å². The third-order valence-electron chi connectivity index (χ3n) is 3.97. The zero-order valence-corrected chi connectivity index (χ0v) is 15.2. The predicted octanol–water partition coefficient (Wildman–Crippen LogP) is 5.54. The van der Waals surface area contributed by atoms with E-state index in [9.17, 15) is 0 Å². The minimum Gasteiger partial charge on any atom is -0.264 e. The molecule has 0 aromatic carbocycles. The third-order valence-corrected chi connectivity index (χ3v) is 6.10. The number of hydrogen-bond donors (Lipinski definition) is 0. The van der Waals surface area contributed by atoms with E-state index in [2.05, 4.69) is 33.2 Å². The summed E-state index contributed by atoms with van der Waals surface area (Å²) in [6, 6.07) is 16.2. The Morgan fingerprint density at radius 3 is 2.58 bits per heavy atom. The molecule has 0 fully saturated rings. The van der Waals surface area contributed by atoms with Gasteiger partial charge in [-0.05, 0) is 42.5 Å². The molecular weight excluding hydrogens is 360 g/mol. The number of aromatic nitrogens is 4. The fraction of sp³-hybridized carbons (Fsp3) is 0. The van der Waals surface area contributed by atoms with Crippen molar-refractivity contribution in [2.24, 2.45) is 0 Å². The van der Waals surface area contributed by atoms with Crippen molar-refractivity contribution in [1.82, 2.24) is 19.9 Å². The number of pyridine rings is 3. The van der Waals surface area contributed by atoms with Crippen LogP contribution in [0.2, 0.25) is 0 Å². The molecular formula is C20H12N4S2. The standard InChI is InChI=1S/C20H12N4S2/c1-2-9-22-15(5-1)17-10-13-6-7-16(24-20(13)25-17)18-12-23-19(26-18)14-4-3-8-21-11-14/h1-12H. The average Bonchev–Trinajstić information content (AvgIpc) is 3.36. The normalized spacial score (nSPS) is 11.1. The minimum absolute atomic E-state index is 0.944. The second-order valence-electron chi connectivity index (χ2n) is 5.69. The van der Waals surface area contributed by atoms with Crippen LogP contribution in [0, 0.1) is 0 Å². The van der Waals surface area contributed by atoms with Crippen LogP contribution in [0.1, 0.15) is 0 Å². The summed E-state index contributed by atoms with van der Waals surface area (Å²) in [7, 11) is 0.